The zero-order chi connectivity index (χ0) is 17.1. The van der Waals surface area contributed by atoms with E-state index in [4.69, 9.17) is 0 Å². The van der Waals surface area contributed by atoms with Gasteiger partial charge in [0.1, 0.15) is 0 Å². The van der Waals surface area contributed by atoms with Gasteiger partial charge in [0.25, 0.3) is 0 Å². The molecule has 126 valence electrons. The smallest absolute Gasteiger partial charge is 0.319 e. The number of urea groups is 1. The molecular formula is C17H20N4O2S. The summed E-state index contributed by atoms with van der Waals surface area (Å²) in [5.74, 6) is 0.175. The third kappa shape index (κ3) is 3.91. The first-order valence-electron chi connectivity index (χ1n) is 7.91. The molecule has 1 aliphatic heterocycles. The van der Waals surface area contributed by atoms with E-state index in [2.05, 4.69) is 20.9 Å². The van der Waals surface area contributed by atoms with E-state index in [1.807, 2.05) is 31.4 Å². The lowest BCUT2D eigenvalue weighted by atomic mass is 10.0. The van der Waals surface area contributed by atoms with E-state index in [9.17, 15) is 9.59 Å². The maximum absolute atomic E-state index is 12.1. The molecule has 1 aliphatic rings. The van der Waals surface area contributed by atoms with Crippen molar-refractivity contribution in [2.24, 2.45) is 0 Å². The summed E-state index contributed by atoms with van der Waals surface area (Å²) in [5, 5.41) is 11.5. The van der Waals surface area contributed by atoms with Gasteiger partial charge in [-0.2, -0.15) is 0 Å². The lowest BCUT2D eigenvalue weighted by Gasteiger charge is -2.18. The molecule has 0 bridgehead atoms. The van der Waals surface area contributed by atoms with Crippen LogP contribution in [0, 0.1) is 6.92 Å². The molecule has 2 aromatic rings. The fourth-order valence-electron chi connectivity index (χ4n) is 2.56. The standard InChI is InChI=1S/C17H20N4O2S/c1-10(16-19-11(2)9-24-16)8-18-17(23)20-13-5-3-12-4-6-15(22)21-14(12)7-13/h3,5,7,9-10H,4,6,8H2,1-2H3,(H,21,22)(H2,18,20,23)/t10-/m0/s1. The van der Waals surface area contributed by atoms with Gasteiger partial charge in [0.2, 0.25) is 5.91 Å². The normalized spacial score (nSPS) is 14.5. The number of thiazole rings is 1. The highest BCUT2D eigenvalue weighted by molar-refractivity contribution is 7.09. The zero-order valence-electron chi connectivity index (χ0n) is 13.7. The van der Waals surface area contributed by atoms with Gasteiger partial charge in [-0.05, 0) is 31.0 Å². The molecule has 0 fully saturated rings. The topological polar surface area (TPSA) is 83.1 Å². The lowest BCUT2D eigenvalue weighted by molar-refractivity contribution is -0.116. The highest BCUT2D eigenvalue weighted by Gasteiger charge is 2.16. The number of hydrogen-bond donors (Lipinski definition) is 3. The first-order chi connectivity index (χ1) is 11.5. The Balaban J connectivity index is 1.55. The zero-order valence-corrected chi connectivity index (χ0v) is 14.5. The Morgan fingerprint density at radius 1 is 1.42 bits per heavy atom. The number of nitrogens with zero attached hydrogens (tertiary/aromatic N) is 1. The summed E-state index contributed by atoms with van der Waals surface area (Å²) in [7, 11) is 0. The molecule has 1 atom stereocenters. The minimum Gasteiger partial charge on any atom is -0.337 e. The van der Waals surface area contributed by atoms with Crippen molar-refractivity contribution in [3.05, 3.63) is 39.8 Å². The van der Waals surface area contributed by atoms with Crippen LogP contribution < -0.4 is 16.0 Å². The maximum Gasteiger partial charge on any atom is 0.319 e. The minimum atomic E-state index is -0.266. The largest absolute Gasteiger partial charge is 0.337 e. The number of rotatable bonds is 4. The third-order valence-corrected chi connectivity index (χ3v) is 5.08. The molecule has 3 amide bonds. The second kappa shape index (κ2) is 7.00. The lowest BCUT2D eigenvalue weighted by Crippen LogP contribution is -2.31. The van der Waals surface area contributed by atoms with E-state index in [1.165, 1.54) is 0 Å². The molecule has 6 nitrogen and oxygen atoms in total. The maximum atomic E-state index is 12.1. The van der Waals surface area contributed by atoms with Crippen LogP contribution in [0.15, 0.2) is 23.6 Å². The fraction of sp³-hybridized carbons (Fsp3) is 0.353. The van der Waals surface area contributed by atoms with Crippen LogP contribution in [0.1, 0.15) is 35.5 Å². The van der Waals surface area contributed by atoms with Crippen molar-refractivity contribution in [2.45, 2.75) is 32.6 Å². The average molecular weight is 344 g/mol. The Labute approximate surface area is 144 Å². The summed E-state index contributed by atoms with van der Waals surface area (Å²) in [6.07, 6.45) is 1.24. The van der Waals surface area contributed by atoms with Crippen LogP contribution in [-0.2, 0) is 11.2 Å². The second-order valence-electron chi connectivity index (χ2n) is 5.98. The van der Waals surface area contributed by atoms with Gasteiger partial charge in [0.15, 0.2) is 0 Å². The molecule has 7 heteroatoms. The Kier molecular flexibility index (Phi) is 4.80. The van der Waals surface area contributed by atoms with Crippen molar-refractivity contribution in [3.63, 3.8) is 0 Å². The van der Waals surface area contributed by atoms with Gasteiger partial charge in [-0.3, -0.25) is 4.79 Å². The number of carbonyl (C=O) groups is 2. The predicted octanol–water partition coefficient (Wildman–Crippen LogP) is 3.26. The van der Waals surface area contributed by atoms with Crippen molar-refractivity contribution in [2.75, 3.05) is 17.2 Å². The summed E-state index contributed by atoms with van der Waals surface area (Å²) in [6.45, 7) is 4.51. The molecule has 24 heavy (non-hydrogen) atoms. The molecule has 1 aromatic heterocycles. The molecule has 3 N–H and O–H groups in total. The molecule has 0 radical (unpaired) electrons. The molecule has 0 unspecified atom stereocenters. The van der Waals surface area contributed by atoms with Crippen LogP contribution in [0.3, 0.4) is 0 Å². The fourth-order valence-corrected chi connectivity index (χ4v) is 3.41. The SMILES string of the molecule is Cc1csc([C@@H](C)CNC(=O)Nc2ccc3c(c2)NC(=O)CC3)n1. The van der Waals surface area contributed by atoms with Crippen molar-refractivity contribution < 1.29 is 9.59 Å². The summed E-state index contributed by atoms with van der Waals surface area (Å²) < 4.78 is 0. The van der Waals surface area contributed by atoms with Crippen LogP contribution >= 0.6 is 11.3 Å². The molecule has 0 saturated carbocycles. The van der Waals surface area contributed by atoms with Crippen LogP contribution in [-0.4, -0.2) is 23.5 Å². The Morgan fingerprint density at radius 3 is 3.00 bits per heavy atom. The number of nitrogens with one attached hydrogen (secondary N) is 3. The van der Waals surface area contributed by atoms with Crippen molar-refractivity contribution in [1.29, 1.82) is 0 Å². The van der Waals surface area contributed by atoms with Crippen molar-refractivity contribution in [3.8, 4) is 0 Å². The number of benzene rings is 1. The number of carbonyl (C=O) groups excluding carboxylic acids is 2. The van der Waals surface area contributed by atoms with E-state index < -0.39 is 0 Å². The van der Waals surface area contributed by atoms with E-state index in [0.717, 1.165) is 28.4 Å². The summed E-state index contributed by atoms with van der Waals surface area (Å²) in [6, 6.07) is 5.31. The molecule has 0 saturated heterocycles. The number of hydrogen-bond acceptors (Lipinski definition) is 4. The van der Waals surface area contributed by atoms with Crippen LogP contribution in [0.4, 0.5) is 16.2 Å². The van der Waals surface area contributed by atoms with Crippen molar-refractivity contribution >= 4 is 34.6 Å². The van der Waals surface area contributed by atoms with Gasteiger partial charge in [0, 0.05) is 41.3 Å². The molecular weight excluding hydrogens is 324 g/mol. The quantitative estimate of drug-likeness (QED) is 0.796. The van der Waals surface area contributed by atoms with Crippen LogP contribution in [0.25, 0.3) is 0 Å². The van der Waals surface area contributed by atoms with Crippen LogP contribution in [0.5, 0.6) is 0 Å². The summed E-state index contributed by atoms with van der Waals surface area (Å²) in [4.78, 5) is 28.0. The van der Waals surface area contributed by atoms with Crippen LogP contribution in [0.2, 0.25) is 0 Å². The van der Waals surface area contributed by atoms with Crippen molar-refractivity contribution in [1.82, 2.24) is 10.3 Å². The molecule has 1 aromatic carbocycles. The number of fused-ring (bicyclic) bond motifs is 1. The van der Waals surface area contributed by atoms with Gasteiger partial charge in [0.05, 0.1) is 5.01 Å². The summed E-state index contributed by atoms with van der Waals surface area (Å²) in [5.41, 5.74) is 3.53. The van der Waals surface area contributed by atoms with E-state index in [1.54, 1.807) is 17.4 Å². The van der Waals surface area contributed by atoms with E-state index in [-0.39, 0.29) is 17.9 Å². The first kappa shape index (κ1) is 16.4. The molecule has 2 heterocycles. The van der Waals surface area contributed by atoms with E-state index >= 15 is 0 Å². The Bertz CT molecular complexity index is 772. The van der Waals surface area contributed by atoms with E-state index in [0.29, 0.717) is 18.7 Å². The second-order valence-corrected chi connectivity index (χ2v) is 6.87. The number of aromatic nitrogens is 1. The Morgan fingerprint density at radius 2 is 2.25 bits per heavy atom. The van der Waals surface area contributed by atoms with Gasteiger partial charge in [-0.25, -0.2) is 9.78 Å². The molecule has 0 aliphatic carbocycles. The van der Waals surface area contributed by atoms with Gasteiger partial charge < -0.3 is 16.0 Å². The van der Waals surface area contributed by atoms with Gasteiger partial charge in [-0.15, -0.1) is 11.3 Å². The first-order valence-corrected chi connectivity index (χ1v) is 8.79. The highest BCUT2D eigenvalue weighted by atomic mass is 32.1. The third-order valence-electron chi connectivity index (χ3n) is 3.89. The average Bonchev–Trinajstić information content (AvgIpc) is 2.99. The number of amides is 3. The van der Waals surface area contributed by atoms with Gasteiger partial charge >= 0.3 is 6.03 Å². The van der Waals surface area contributed by atoms with Gasteiger partial charge in [-0.1, -0.05) is 13.0 Å². The predicted molar refractivity (Wildman–Crippen MR) is 95.7 cm³/mol. The Hall–Kier alpha value is -2.41. The minimum absolute atomic E-state index is 0.0108. The monoisotopic (exact) mass is 344 g/mol. The highest BCUT2D eigenvalue weighted by Crippen LogP contribution is 2.26. The molecule has 0 spiro atoms. The number of anilines is 2. The summed E-state index contributed by atoms with van der Waals surface area (Å²) >= 11 is 1.61. The molecule has 3 rings (SSSR count). The number of aryl methyl sites for hydroxylation is 2.